The van der Waals surface area contributed by atoms with Gasteiger partial charge in [0.05, 0.1) is 7.70 Å². The predicted molar refractivity (Wildman–Crippen MR) is 103 cm³/mol. The van der Waals surface area contributed by atoms with Crippen molar-refractivity contribution in [3.05, 3.63) is 41.7 Å². The van der Waals surface area contributed by atoms with Crippen LogP contribution in [-0.4, -0.2) is 36.3 Å². The lowest BCUT2D eigenvalue weighted by molar-refractivity contribution is 0.0531. The van der Waals surface area contributed by atoms with Crippen molar-refractivity contribution in [1.82, 2.24) is 10.6 Å². The van der Waals surface area contributed by atoms with Crippen molar-refractivity contribution in [2.75, 3.05) is 13.1 Å². The van der Waals surface area contributed by atoms with Crippen LogP contribution in [0.25, 0.3) is 0 Å². The number of rotatable bonds is 6. The van der Waals surface area contributed by atoms with Crippen LogP contribution in [0.3, 0.4) is 0 Å². The van der Waals surface area contributed by atoms with Crippen LogP contribution in [0.4, 0.5) is 9.18 Å². The molecule has 0 aliphatic rings. The number of carbonyl (C=O) groups is 2. The number of nitrogens with one attached hydrogen (secondary N) is 2. The van der Waals surface area contributed by atoms with Gasteiger partial charge in [-0.05, 0) is 65.8 Å². The molecule has 0 fully saturated rings. The molecule has 0 spiro atoms. The van der Waals surface area contributed by atoms with Crippen LogP contribution in [0.5, 0.6) is 5.75 Å². The molecule has 0 saturated heterocycles. The second-order valence-corrected chi connectivity index (χ2v) is 8.00. The maximum atomic E-state index is 13.1. The van der Waals surface area contributed by atoms with Crippen LogP contribution >= 0.6 is 0 Å². The number of alkyl carbamates (subject to hydrolysis) is 1. The van der Waals surface area contributed by atoms with Crippen molar-refractivity contribution in [2.24, 2.45) is 0 Å². The first kappa shape index (κ1) is 20.7. The zero-order valence-electron chi connectivity index (χ0n) is 17.7. The van der Waals surface area contributed by atoms with Crippen LogP contribution in [-0.2, 0) is 4.74 Å². The van der Waals surface area contributed by atoms with E-state index in [4.69, 9.17) is 10.8 Å². The summed E-state index contributed by atoms with van der Waals surface area (Å²) in [6.45, 7) is 9.16. The first-order valence-corrected chi connectivity index (χ1v) is 8.58. The molecule has 0 aromatic heterocycles. The Kier molecular flexibility index (Phi) is 7.21. The van der Waals surface area contributed by atoms with Crippen LogP contribution in [0.2, 0.25) is 0 Å². The highest BCUT2D eigenvalue weighted by Gasteiger charge is 2.17. The zero-order chi connectivity index (χ0) is 21.5. The summed E-state index contributed by atoms with van der Waals surface area (Å²) in [5.41, 5.74) is -0.681. The number of ether oxygens (including phenoxy) is 2. The smallest absolute Gasteiger partial charge is 0.407 e. The highest BCUT2D eigenvalue weighted by atomic mass is 19.1. The lowest BCUT2D eigenvalue weighted by atomic mass is 10.1. The summed E-state index contributed by atoms with van der Waals surface area (Å²) >= 11 is 0. The maximum absolute atomic E-state index is 13.1. The summed E-state index contributed by atoms with van der Waals surface area (Å²) in [5, 5.41) is 5.22. The van der Waals surface area contributed by atoms with E-state index in [0.717, 1.165) is 0 Å². The average Bonchev–Trinajstić information content (AvgIpc) is 2.52. The van der Waals surface area contributed by atoms with Crippen molar-refractivity contribution in [3.63, 3.8) is 0 Å². The molecule has 1 aromatic rings. The van der Waals surface area contributed by atoms with E-state index in [-0.39, 0.29) is 29.9 Å². The van der Waals surface area contributed by atoms with Gasteiger partial charge in [-0.25, -0.2) is 9.18 Å². The minimum atomic E-state index is -1.37. The number of halogens is 1. The molecule has 27 heavy (non-hydrogen) atoms. The largest absolute Gasteiger partial charge is 0.489 e. The summed E-state index contributed by atoms with van der Waals surface area (Å²) in [6.07, 6.45) is -0.492. The van der Waals surface area contributed by atoms with E-state index < -0.39 is 18.3 Å². The molecule has 6 nitrogen and oxygen atoms in total. The molecular formula is C20H29FN2O4. The van der Waals surface area contributed by atoms with Gasteiger partial charge >= 0.3 is 6.09 Å². The van der Waals surface area contributed by atoms with Gasteiger partial charge in [0, 0.05) is 23.2 Å². The minimum absolute atomic E-state index is 0.0830. The second kappa shape index (κ2) is 9.39. The first-order valence-electron chi connectivity index (χ1n) is 9.16. The van der Waals surface area contributed by atoms with Gasteiger partial charge in [-0.3, -0.25) is 4.79 Å². The quantitative estimate of drug-likeness (QED) is 0.782. The molecule has 1 atom stereocenters. The third-order valence-electron chi connectivity index (χ3n) is 2.93. The Bertz CT molecular complexity index is 706. The summed E-state index contributed by atoms with van der Waals surface area (Å²) in [7, 11) is 0. The topological polar surface area (TPSA) is 76.7 Å². The summed E-state index contributed by atoms with van der Waals surface area (Å²) in [5.74, 6) is 0.0660. The number of amides is 2. The number of benzene rings is 1. The highest BCUT2D eigenvalue weighted by Crippen LogP contribution is 2.14. The number of hydrogen-bond donors (Lipinski definition) is 2. The Morgan fingerprint density at radius 3 is 2.22 bits per heavy atom. The van der Waals surface area contributed by atoms with Gasteiger partial charge in [0.2, 0.25) is 0 Å². The van der Waals surface area contributed by atoms with Crippen LogP contribution < -0.4 is 15.4 Å². The molecule has 1 rings (SSSR count). The summed E-state index contributed by atoms with van der Waals surface area (Å²) < 4.78 is 31.5. The Hall–Kier alpha value is -2.57. The fourth-order valence-corrected chi connectivity index (χ4v) is 1.84. The molecule has 2 amide bonds. The van der Waals surface area contributed by atoms with Gasteiger partial charge < -0.3 is 20.1 Å². The van der Waals surface area contributed by atoms with Crippen LogP contribution in [0, 0.1) is 0 Å². The third kappa shape index (κ3) is 9.63. The maximum Gasteiger partial charge on any atom is 0.407 e. The van der Waals surface area contributed by atoms with Crippen molar-refractivity contribution < 1.29 is 24.8 Å². The molecule has 7 heteroatoms. The predicted octanol–water partition coefficient (Wildman–Crippen LogP) is 3.97. The monoisotopic (exact) mass is 381 g/mol. The standard InChI is InChI=1S/C20H29FN2O4/c1-19(2,3)23-17(24)15-7-9-16(10-8-15)26-13-14(11-21)12-22-18(25)27-20(4,5)6/h7-11H,12-13H2,1-6H3,(H,22,25)(H,23,24)/b14-11+/i13D. The Labute approximate surface area is 161 Å². The first-order chi connectivity index (χ1) is 12.8. The van der Waals surface area contributed by atoms with Gasteiger partial charge in [-0.1, -0.05) is 0 Å². The lowest BCUT2D eigenvalue weighted by Gasteiger charge is -2.20. The molecule has 0 aliphatic carbocycles. The van der Waals surface area contributed by atoms with E-state index in [9.17, 15) is 14.0 Å². The molecule has 1 unspecified atom stereocenters. The molecule has 0 aliphatic heterocycles. The van der Waals surface area contributed by atoms with Gasteiger partial charge in [-0.2, -0.15) is 0 Å². The molecular weight excluding hydrogens is 351 g/mol. The Balaban J connectivity index is 2.64. The third-order valence-corrected chi connectivity index (χ3v) is 2.93. The molecule has 0 heterocycles. The summed E-state index contributed by atoms with van der Waals surface area (Å²) in [4.78, 5) is 23.7. The van der Waals surface area contributed by atoms with Crippen molar-refractivity contribution in [3.8, 4) is 5.75 Å². The van der Waals surface area contributed by atoms with E-state index in [1.165, 1.54) is 12.1 Å². The van der Waals surface area contributed by atoms with E-state index in [2.05, 4.69) is 10.6 Å². The molecule has 0 radical (unpaired) electrons. The SMILES string of the molecule is [2H]C(Oc1ccc(C(=O)NC(C)(C)C)cc1)/C(=C/F)CNC(=O)OC(C)(C)C. The zero-order valence-corrected chi connectivity index (χ0v) is 16.7. The number of carbonyl (C=O) groups excluding carboxylic acids is 2. The van der Waals surface area contributed by atoms with E-state index in [1.54, 1.807) is 32.9 Å². The van der Waals surface area contributed by atoms with E-state index in [1.807, 2.05) is 20.8 Å². The molecule has 0 saturated carbocycles. The van der Waals surface area contributed by atoms with E-state index >= 15 is 0 Å². The Morgan fingerprint density at radius 1 is 1.15 bits per heavy atom. The van der Waals surface area contributed by atoms with Crippen LogP contribution in [0.15, 0.2) is 36.2 Å². The number of hydrogen-bond acceptors (Lipinski definition) is 4. The molecule has 1 aromatic carbocycles. The van der Waals surface area contributed by atoms with Crippen LogP contribution in [0.1, 0.15) is 53.3 Å². The normalized spacial score (nSPS) is 14.0. The van der Waals surface area contributed by atoms with Crippen molar-refractivity contribution in [2.45, 2.75) is 52.7 Å². The average molecular weight is 381 g/mol. The van der Waals surface area contributed by atoms with E-state index in [0.29, 0.717) is 11.3 Å². The van der Waals surface area contributed by atoms with Gasteiger partial charge in [0.15, 0.2) is 0 Å². The molecule has 2 N–H and O–H groups in total. The van der Waals surface area contributed by atoms with Gasteiger partial charge in [0.1, 0.15) is 17.9 Å². The molecule has 0 bridgehead atoms. The van der Waals surface area contributed by atoms with Crippen molar-refractivity contribution in [1.29, 1.82) is 0 Å². The fraction of sp³-hybridized carbons (Fsp3) is 0.500. The summed E-state index contributed by atoms with van der Waals surface area (Å²) in [6, 6.07) is 6.16. The second-order valence-electron chi connectivity index (χ2n) is 8.00. The van der Waals surface area contributed by atoms with Gasteiger partial charge in [0.25, 0.3) is 5.91 Å². The lowest BCUT2D eigenvalue weighted by Crippen LogP contribution is -2.40. The molecule has 150 valence electrons. The van der Waals surface area contributed by atoms with Gasteiger partial charge in [-0.15, -0.1) is 0 Å². The Morgan fingerprint density at radius 2 is 1.74 bits per heavy atom. The highest BCUT2D eigenvalue weighted by molar-refractivity contribution is 5.94. The minimum Gasteiger partial charge on any atom is -0.489 e. The fourth-order valence-electron chi connectivity index (χ4n) is 1.84. The van der Waals surface area contributed by atoms with Crippen molar-refractivity contribution >= 4 is 12.0 Å².